The maximum atomic E-state index is 12.8. The Balaban J connectivity index is 1.81. The Hall–Kier alpha value is -0.330. The van der Waals surface area contributed by atoms with Crippen LogP contribution in [0.2, 0.25) is 0 Å². The lowest BCUT2D eigenvalue weighted by molar-refractivity contribution is -0.183. The van der Waals surface area contributed by atoms with Gasteiger partial charge in [-0.15, -0.1) is 0 Å². The van der Waals surface area contributed by atoms with Crippen LogP contribution in [0.4, 0.5) is 13.2 Å². The lowest BCUT2D eigenvalue weighted by atomic mass is 9.85. The van der Waals surface area contributed by atoms with Gasteiger partial charge in [0.05, 0.1) is 19.1 Å². The van der Waals surface area contributed by atoms with Crippen LogP contribution in [0.25, 0.3) is 0 Å². The molecule has 1 N–H and O–H groups in total. The van der Waals surface area contributed by atoms with Gasteiger partial charge in [0.2, 0.25) is 0 Å². The summed E-state index contributed by atoms with van der Waals surface area (Å²) in [7, 11) is 0. The molecule has 0 aromatic rings. The number of alkyl halides is 3. The lowest BCUT2D eigenvalue weighted by Gasteiger charge is -2.42. The molecule has 2 rings (SSSR count). The zero-order valence-electron chi connectivity index (χ0n) is 13.0. The molecular formula is C15H27F3N2O. The first-order valence-corrected chi connectivity index (χ1v) is 7.92. The summed E-state index contributed by atoms with van der Waals surface area (Å²) in [6, 6.07) is -0.00862. The molecule has 0 bridgehead atoms. The number of rotatable bonds is 4. The molecule has 21 heavy (non-hydrogen) atoms. The smallest absolute Gasteiger partial charge is 0.379 e. The van der Waals surface area contributed by atoms with E-state index in [-0.39, 0.29) is 24.4 Å². The Labute approximate surface area is 125 Å². The summed E-state index contributed by atoms with van der Waals surface area (Å²) in [5, 5.41) is 3.38. The molecule has 0 aromatic heterocycles. The van der Waals surface area contributed by atoms with Gasteiger partial charge in [-0.1, -0.05) is 6.42 Å². The van der Waals surface area contributed by atoms with Gasteiger partial charge in [0.25, 0.3) is 0 Å². The molecule has 0 radical (unpaired) electrons. The Bertz CT molecular complexity index is 327. The second-order valence-electron chi connectivity index (χ2n) is 6.89. The summed E-state index contributed by atoms with van der Waals surface area (Å²) in [6.45, 7) is 8.29. The summed E-state index contributed by atoms with van der Waals surface area (Å²) >= 11 is 0. The van der Waals surface area contributed by atoms with Gasteiger partial charge in [-0.25, -0.2) is 0 Å². The first-order chi connectivity index (χ1) is 9.79. The van der Waals surface area contributed by atoms with Gasteiger partial charge in [0, 0.05) is 31.2 Å². The van der Waals surface area contributed by atoms with Crippen LogP contribution in [0.5, 0.6) is 0 Å². The van der Waals surface area contributed by atoms with E-state index >= 15 is 0 Å². The molecule has 0 aromatic carbocycles. The summed E-state index contributed by atoms with van der Waals surface area (Å²) in [5.41, 5.74) is -0.0467. The molecule has 124 valence electrons. The van der Waals surface area contributed by atoms with E-state index in [0.29, 0.717) is 6.42 Å². The van der Waals surface area contributed by atoms with Crippen LogP contribution < -0.4 is 5.32 Å². The number of hydrogen-bond acceptors (Lipinski definition) is 3. The van der Waals surface area contributed by atoms with Gasteiger partial charge >= 0.3 is 6.18 Å². The van der Waals surface area contributed by atoms with Crippen molar-refractivity contribution in [2.45, 2.75) is 57.3 Å². The van der Waals surface area contributed by atoms with Crippen molar-refractivity contribution < 1.29 is 17.9 Å². The summed E-state index contributed by atoms with van der Waals surface area (Å²) in [4.78, 5) is 2.35. The molecule has 0 spiro atoms. The van der Waals surface area contributed by atoms with Crippen LogP contribution in [0.3, 0.4) is 0 Å². The Kier molecular flexibility index (Phi) is 5.54. The Morgan fingerprint density at radius 3 is 2.43 bits per heavy atom. The topological polar surface area (TPSA) is 24.5 Å². The van der Waals surface area contributed by atoms with Crippen molar-refractivity contribution >= 4 is 0 Å². The van der Waals surface area contributed by atoms with Gasteiger partial charge < -0.3 is 10.1 Å². The van der Waals surface area contributed by atoms with Gasteiger partial charge in [0.1, 0.15) is 0 Å². The largest absolute Gasteiger partial charge is 0.391 e. The molecule has 2 fully saturated rings. The van der Waals surface area contributed by atoms with Crippen LogP contribution in [0.1, 0.15) is 39.5 Å². The van der Waals surface area contributed by atoms with Gasteiger partial charge in [0.15, 0.2) is 0 Å². The number of halogens is 3. The first-order valence-electron chi connectivity index (χ1n) is 7.92. The number of nitrogens with zero attached hydrogens (tertiary/aromatic N) is 1. The molecule has 1 aliphatic carbocycles. The van der Waals surface area contributed by atoms with Crippen LogP contribution in [0, 0.1) is 5.92 Å². The van der Waals surface area contributed by atoms with Crippen molar-refractivity contribution in [3.05, 3.63) is 0 Å². The van der Waals surface area contributed by atoms with E-state index in [2.05, 4.69) is 24.1 Å². The third-order valence-electron chi connectivity index (χ3n) is 4.83. The number of ether oxygens (including phenoxy) is 1. The monoisotopic (exact) mass is 308 g/mol. The third kappa shape index (κ3) is 4.83. The van der Waals surface area contributed by atoms with E-state index in [9.17, 15) is 13.2 Å². The molecule has 2 aliphatic rings. The van der Waals surface area contributed by atoms with Crippen molar-refractivity contribution in [1.29, 1.82) is 0 Å². The molecule has 1 heterocycles. The third-order valence-corrected chi connectivity index (χ3v) is 4.83. The van der Waals surface area contributed by atoms with Gasteiger partial charge in [-0.05, 0) is 33.1 Å². The van der Waals surface area contributed by atoms with E-state index in [4.69, 9.17) is 4.74 Å². The van der Waals surface area contributed by atoms with Crippen LogP contribution in [0.15, 0.2) is 0 Å². The predicted molar refractivity (Wildman–Crippen MR) is 76.3 cm³/mol. The second kappa shape index (κ2) is 6.84. The minimum atomic E-state index is -4.04. The minimum absolute atomic E-state index is 0.00862. The highest BCUT2D eigenvalue weighted by Crippen LogP contribution is 2.37. The average Bonchev–Trinajstić information content (AvgIpc) is 2.46. The molecular weight excluding hydrogens is 281 g/mol. The summed E-state index contributed by atoms with van der Waals surface area (Å²) < 4.78 is 43.8. The highest BCUT2D eigenvalue weighted by molar-refractivity contribution is 4.89. The quantitative estimate of drug-likeness (QED) is 0.864. The zero-order valence-corrected chi connectivity index (χ0v) is 13.0. The molecule has 0 amide bonds. The fourth-order valence-electron chi connectivity index (χ4n) is 3.35. The Morgan fingerprint density at radius 2 is 1.81 bits per heavy atom. The van der Waals surface area contributed by atoms with E-state index in [1.165, 1.54) is 0 Å². The van der Waals surface area contributed by atoms with E-state index in [0.717, 1.165) is 39.3 Å². The lowest BCUT2D eigenvalue weighted by Crippen LogP contribution is -2.56. The molecule has 2 unspecified atom stereocenters. The van der Waals surface area contributed by atoms with Crippen LogP contribution in [-0.4, -0.2) is 55.5 Å². The minimum Gasteiger partial charge on any atom is -0.379 e. The van der Waals surface area contributed by atoms with Gasteiger partial charge in [-0.2, -0.15) is 13.2 Å². The van der Waals surface area contributed by atoms with E-state index in [1.54, 1.807) is 0 Å². The van der Waals surface area contributed by atoms with E-state index in [1.807, 2.05) is 0 Å². The summed E-state index contributed by atoms with van der Waals surface area (Å²) in [5.74, 6) is -1.13. The molecule has 1 saturated heterocycles. The maximum absolute atomic E-state index is 12.8. The Morgan fingerprint density at radius 1 is 1.14 bits per heavy atom. The van der Waals surface area contributed by atoms with Crippen LogP contribution in [-0.2, 0) is 4.74 Å². The zero-order chi connectivity index (χ0) is 15.5. The highest BCUT2D eigenvalue weighted by Gasteiger charge is 2.42. The summed E-state index contributed by atoms with van der Waals surface area (Å²) in [6.07, 6.45) is -2.01. The number of nitrogens with one attached hydrogen (secondary N) is 1. The number of morpholine rings is 1. The molecule has 3 nitrogen and oxygen atoms in total. The van der Waals surface area contributed by atoms with Crippen molar-refractivity contribution in [2.24, 2.45) is 5.92 Å². The maximum Gasteiger partial charge on any atom is 0.391 e. The molecule has 1 saturated carbocycles. The fraction of sp³-hybridized carbons (Fsp3) is 1.00. The van der Waals surface area contributed by atoms with Crippen molar-refractivity contribution in [3.8, 4) is 0 Å². The number of hydrogen-bond donors (Lipinski definition) is 1. The van der Waals surface area contributed by atoms with Crippen molar-refractivity contribution in [3.63, 3.8) is 0 Å². The fourth-order valence-corrected chi connectivity index (χ4v) is 3.35. The SMILES string of the molecule is CC(C)(CNC1CCCC(C(F)(F)F)C1)N1CCOCC1. The normalized spacial score (nSPS) is 29.6. The molecule has 2 atom stereocenters. The second-order valence-corrected chi connectivity index (χ2v) is 6.89. The van der Waals surface area contributed by atoms with E-state index < -0.39 is 12.1 Å². The average molecular weight is 308 g/mol. The van der Waals surface area contributed by atoms with Gasteiger partial charge in [-0.3, -0.25) is 4.90 Å². The van der Waals surface area contributed by atoms with Crippen LogP contribution >= 0.6 is 0 Å². The van der Waals surface area contributed by atoms with Crippen molar-refractivity contribution in [2.75, 3.05) is 32.8 Å². The predicted octanol–water partition coefficient (Wildman–Crippen LogP) is 2.81. The standard InChI is InChI=1S/C15H27F3N2O/c1-14(2,20-6-8-21-9-7-20)11-19-13-5-3-4-12(10-13)15(16,17)18/h12-13,19H,3-11H2,1-2H3. The van der Waals surface area contributed by atoms with Crippen molar-refractivity contribution in [1.82, 2.24) is 10.2 Å². The first kappa shape index (κ1) is 17.0. The molecule has 6 heteroatoms. The molecule has 1 aliphatic heterocycles. The highest BCUT2D eigenvalue weighted by atomic mass is 19.4.